The van der Waals surface area contributed by atoms with E-state index in [0.717, 1.165) is 39.1 Å². The molecule has 0 aromatic heterocycles. The first kappa shape index (κ1) is 13.7. The highest BCUT2D eigenvalue weighted by molar-refractivity contribution is 5.96. The molecule has 0 radical (unpaired) electrons. The molecule has 0 aliphatic carbocycles. The molecule has 5 heteroatoms. The van der Waals surface area contributed by atoms with Crippen molar-refractivity contribution in [2.45, 2.75) is 13.3 Å². The molecule has 1 fully saturated rings. The lowest BCUT2D eigenvalue weighted by molar-refractivity contribution is 0.0637. The van der Waals surface area contributed by atoms with Gasteiger partial charge in [0.25, 0.3) is 5.91 Å². The molecule has 1 aliphatic rings. The second kappa shape index (κ2) is 5.93. The summed E-state index contributed by atoms with van der Waals surface area (Å²) >= 11 is 0. The van der Waals surface area contributed by atoms with Crippen molar-refractivity contribution in [1.82, 2.24) is 9.80 Å². The van der Waals surface area contributed by atoms with Crippen molar-refractivity contribution < 1.29 is 4.79 Å². The molecule has 0 spiro atoms. The summed E-state index contributed by atoms with van der Waals surface area (Å²) in [7, 11) is 0. The van der Waals surface area contributed by atoms with E-state index >= 15 is 0 Å². The minimum absolute atomic E-state index is 0.0233. The van der Waals surface area contributed by atoms with Crippen molar-refractivity contribution in [3.05, 3.63) is 23.8 Å². The van der Waals surface area contributed by atoms with E-state index in [4.69, 9.17) is 11.5 Å². The summed E-state index contributed by atoms with van der Waals surface area (Å²) in [6.07, 6.45) is 1.15. The third-order valence-electron chi connectivity index (χ3n) is 3.42. The summed E-state index contributed by atoms with van der Waals surface area (Å²) in [4.78, 5) is 16.6. The molecule has 0 bridgehead atoms. The molecule has 1 saturated heterocycles. The maximum atomic E-state index is 12.4. The van der Waals surface area contributed by atoms with Crippen LogP contribution in [0, 0.1) is 0 Å². The Bertz CT molecular complexity index is 433. The average molecular weight is 262 g/mol. The van der Waals surface area contributed by atoms with Gasteiger partial charge in [0.1, 0.15) is 0 Å². The van der Waals surface area contributed by atoms with Crippen LogP contribution in [0.15, 0.2) is 18.2 Å². The van der Waals surface area contributed by atoms with E-state index in [9.17, 15) is 4.79 Å². The van der Waals surface area contributed by atoms with Gasteiger partial charge in [0.05, 0.1) is 0 Å². The molecular weight excluding hydrogens is 240 g/mol. The molecule has 0 unspecified atom stereocenters. The zero-order valence-corrected chi connectivity index (χ0v) is 11.4. The number of piperazine rings is 1. The van der Waals surface area contributed by atoms with Crippen LogP contribution in [0.4, 0.5) is 11.4 Å². The van der Waals surface area contributed by atoms with Gasteiger partial charge >= 0.3 is 0 Å². The Kier molecular flexibility index (Phi) is 4.27. The zero-order chi connectivity index (χ0) is 13.8. The predicted molar refractivity (Wildman–Crippen MR) is 77.9 cm³/mol. The molecule has 1 aromatic rings. The number of carbonyl (C=O) groups excluding carboxylic acids is 1. The quantitative estimate of drug-likeness (QED) is 0.797. The molecule has 1 aromatic carbocycles. The van der Waals surface area contributed by atoms with Gasteiger partial charge in [-0.15, -0.1) is 0 Å². The second-order valence-corrected chi connectivity index (χ2v) is 5.02. The third kappa shape index (κ3) is 3.38. The highest BCUT2D eigenvalue weighted by Gasteiger charge is 2.21. The number of benzene rings is 1. The van der Waals surface area contributed by atoms with E-state index < -0.39 is 0 Å². The molecule has 1 aliphatic heterocycles. The number of hydrogen-bond acceptors (Lipinski definition) is 4. The number of nitrogens with two attached hydrogens (primary N) is 2. The van der Waals surface area contributed by atoms with Crippen LogP contribution in [-0.2, 0) is 0 Å². The van der Waals surface area contributed by atoms with Crippen molar-refractivity contribution >= 4 is 17.3 Å². The van der Waals surface area contributed by atoms with Gasteiger partial charge in [0.15, 0.2) is 0 Å². The SMILES string of the molecule is CCCN1CCN(C(=O)c2cc(N)cc(N)c2)CC1. The van der Waals surface area contributed by atoms with Crippen LogP contribution in [-0.4, -0.2) is 48.4 Å². The van der Waals surface area contributed by atoms with Gasteiger partial charge < -0.3 is 16.4 Å². The van der Waals surface area contributed by atoms with Crippen LogP contribution in [0.3, 0.4) is 0 Å². The molecular formula is C14H22N4O. The first-order valence-electron chi connectivity index (χ1n) is 6.78. The Hall–Kier alpha value is -1.75. The van der Waals surface area contributed by atoms with E-state index in [1.165, 1.54) is 0 Å². The first-order valence-corrected chi connectivity index (χ1v) is 6.78. The molecule has 1 heterocycles. The van der Waals surface area contributed by atoms with Crippen LogP contribution >= 0.6 is 0 Å². The Morgan fingerprint density at radius 2 is 1.68 bits per heavy atom. The lowest BCUT2D eigenvalue weighted by atomic mass is 10.1. The summed E-state index contributed by atoms with van der Waals surface area (Å²) in [5, 5.41) is 0. The fraction of sp³-hybridized carbons (Fsp3) is 0.500. The van der Waals surface area contributed by atoms with Gasteiger partial charge in [-0.2, -0.15) is 0 Å². The molecule has 1 amide bonds. The van der Waals surface area contributed by atoms with Crippen LogP contribution in [0.25, 0.3) is 0 Å². The highest BCUT2D eigenvalue weighted by Crippen LogP contribution is 2.16. The number of anilines is 2. The molecule has 5 nitrogen and oxygen atoms in total. The average Bonchev–Trinajstić information content (AvgIpc) is 2.38. The summed E-state index contributed by atoms with van der Waals surface area (Å²) in [6, 6.07) is 5.05. The summed E-state index contributed by atoms with van der Waals surface area (Å²) in [5.41, 5.74) is 13.1. The molecule has 4 N–H and O–H groups in total. The monoisotopic (exact) mass is 262 g/mol. The van der Waals surface area contributed by atoms with Gasteiger partial charge in [0.2, 0.25) is 0 Å². The number of nitrogens with zero attached hydrogens (tertiary/aromatic N) is 2. The van der Waals surface area contributed by atoms with Crippen LogP contribution in [0.5, 0.6) is 0 Å². The van der Waals surface area contributed by atoms with E-state index in [1.54, 1.807) is 18.2 Å². The Morgan fingerprint density at radius 1 is 1.11 bits per heavy atom. The highest BCUT2D eigenvalue weighted by atomic mass is 16.2. The Balaban J connectivity index is 2.01. The fourth-order valence-corrected chi connectivity index (χ4v) is 2.47. The molecule has 19 heavy (non-hydrogen) atoms. The number of rotatable bonds is 3. The predicted octanol–water partition coefficient (Wildman–Crippen LogP) is 1.02. The van der Waals surface area contributed by atoms with Gasteiger partial charge in [-0.1, -0.05) is 6.92 Å². The lowest BCUT2D eigenvalue weighted by Crippen LogP contribution is -2.48. The third-order valence-corrected chi connectivity index (χ3v) is 3.42. The second-order valence-electron chi connectivity index (χ2n) is 5.02. The molecule has 0 atom stereocenters. The molecule has 2 rings (SSSR count). The van der Waals surface area contributed by atoms with Gasteiger partial charge in [-0.25, -0.2) is 0 Å². The fourth-order valence-electron chi connectivity index (χ4n) is 2.47. The van der Waals surface area contributed by atoms with Crippen LogP contribution in [0.1, 0.15) is 23.7 Å². The van der Waals surface area contributed by atoms with E-state index in [0.29, 0.717) is 16.9 Å². The van der Waals surface area contributed by atoms with Crippen molar-refractivity contribution in [1.29, 1.82) is 0 Å². The maximum absolute atomic E-state index is 12.4. The van der Waals surface area contributed by atoms with Gasteiger partial charge in [0, 0.05) is 43.1 Å². The summed E-state index contributed by atoms with van der Waals surface area (Å²) in [6.45, 7) is 6.70. The van der Waals surface area contributed by atoms with Crippen LogP contribution < -0.4 is 11.5 Å². The number of hydrogen-bond donors (Lipinski definition) is 2. The summed E-state index contributed by atoms with van der Waals surface area (Å²) in [5.74, 6) is 0.0233. The maximum Gasteiger partial charge on any atom is 0.254 e. The van der Waals surface area contributed by atoms with Crippen LogP contribution in [0.2, 0.25) is 0 Å². The zero-order valence-electron chi connectivity index (χ0n) is 11.4. The summed E-state index contributed by atoms with van der Waals surface area (Å²) < 4.78 is 0. The molecule has 0 saturated carbocycles. The van der Waals surface area contributed by atoms with Crippen molar-refractivity contribution in [2.75, 3.05) is 44.2 Å². The standard InChI is InChI=1S/C14H22N4O/c1-2-3-17-4-6-18(7-5-17)14(19)11-8-12(15)10-13(16)9-11/h8-10H,2-7,15-16H2,1H3. The van der Waals surface area contributed by atoms with Crippen molar-refractivity contribution in [3.63, 3.8) is 0 Å². The van der Waals surface area contributed by atoms with E-state index in [-0.39, 0.29) is 5.91 Å². The Morgan fingerprint density at radius 3 is 2.21 bits per heavy atom. The molecule has 104 valence electrons. The number of nitrogen functional groups attached to an aromatic ring is 2. The first-order chi connectivity index (χ1) is 9.10. The van der Waals surface area contributed by atoms with Gasteiger partial charge in [-0.3, -0.25) is 9.69 Å². The largest absolute Gasteiger partial charge is 0.399 e. The van der Waals surface area contributed by atoms with Gasteiger partial charge in [-0.05, 0) is 31.2 Å². The van der Waals surface area contributed by atoms with E-state index in [1.807, 2.05) is 4.90 Å². The van der Waals surface area contributed by atoms with Crippen molar-refractivity contribution in [3.8, 4) is 0 Å². The Labute approximate surface area is 114 Å². The number of carbonyl (C=O) groups is 1. The minimum atomic E-state index is 0.0233. The normalized spacial score (nSPS) is 16.6. The smallest absolute Gasteiger partial charge is 0.254 e. The topological polar surface area (TPSA) is 75.6 Å². The van der Waals surface area contributed by atoms with Crippen molar-refractivity contribution in [2.24, 2.45) is 0 Å². The lowest BCUT2D eigenvalue weighted by Gasteiger charge is -2.34. The minimum Gasteiger partial charge on any atom is -0.399 e. The van der Waals surface area contributed by atoms with E-state index in [2.05, 4.69) is 11.8 Å². The number of amides is 1.